The molecule has 2 saturated heterocycles. The van der Waals surface area contributed by atoms with Crippen molar-refractivity contribution in [3.05, 3.63) is 51.6 Å². The number of amides is 1. The molecule has 0 unspecified atom stereocenters. The van der Waals surface area contributed by atoms with E-state index in [0.717, 1.165) is 28.0 Å². The normalized spacial score (nSPS) is 19.1. The second kappa shape index (κ2) is 12.3. The molecule has 1 aromatic heterocycles. The lowest BCUT2D eigenvalue weighted by Gasteiger charge is -2.29. The molecule has 0 atom stereocenters. The van der Waals surface area contributed by atoms with Crippen LogP contribution in [-0.2, 0) is 9.47 Å². The summed E-state index contributed by atoms with van der Waals surface area (Å²) in [6.45, 7) is 4.22. The molecule has 2 aliphatic rings. The Bertz CT molecular complexity index is 1060. The van der Waals surface area contributed by atoms with Gasteiger partial charge in [-0.2, -0.15) is 0 Å². The predicted octanol–water partition coefficient (Wildman–Crippen LogP) is 5.45. The minimum absolute atomic E-state index is 0.0453. The van der Waals surface area contributed by atoms with Crippen molar-refractivity contribution in [2.75, 3.05) is 40.5 Å². The van der Waals surface area contributed by atoms with E-state index in [0.29, 0.717) is 68.6 Å². The maximum atomic E-state index is 12.8. The van der Waals surface area contributed by atoms with Crippen molar-refractivity contribution in [3.63, 3.8) is 0 Å². The molecule has 34 heavy (non-hydrogen) atoms. The number of carbonyl (C=O) groups is 1. The van der Waals surface area contributed by atoms with Gasteiger partial charge < -0.3 is 19.5 Å². The summed E-state index contributed by atoms with van der Waals surface area (Å²) >= 11 is 8.21. The molecule has 2 fully saturated rings. The lowest BCUT2D eigenvalue weighted by atomic mass is 10.0. The van der Waals surface area contributed by atoms with Crippen molar-refractivity contribution in [3.8, 4) is 10.4 Å². The quantitative estimate of drug-likeness (QED) is 0.596. The number of hydrogen-bond donors (Lipinski definition) is 1. The molecule has 0 radical (unpaired) electrons. The maximum Gasteiger partial charge on any atom is 0.253 e. The van der Waals surface area contributed by atoms with Gasteiger partial charge in [-0.3, -0.25) is 14.2 Å². The third-order valence-corrected chi connectivity index (χ3v) is 7.05. The van der Waals surface area contributed by atoms with E-state index < -0.39 is 0 Å². The van der Waals surface area contributed by atoms with Gasteiger partial charge in [-0.1, -0.05) is 24.6 Å². The number of rotatable bonds is 4. The molecule has 6 nitrogen and oxygen atoms in total. The number of ether oxygens (including phenoxy) is 2. The largest absolute Gasteiger partial charge is 0.484 e. The van der Waals surface area contributed by atoms with Crippen LogP contribution in [0.25, 0.3) is 16.0 Å². The number of alkyl halides is 1. The SMILES string of the molecule is CC/C(=C1/OCCOC1=NC)c1csc(-c2ccc(C(=O)N3CCC(O)CC3)cc2Cl)c1.CF. The number of aliphatic hydroxyl groups is 1. The molecule has 9 heteroatoms. The highest BCUT2D eigenvalue weighted by Crippen LogP contribution is 2.37. The third kappa shape index (κ3) is 5.79. The van der Waals surface area contributed by atoms with E-state index in [4.69, 9.17) is 21.1 Å². The van der Waals surface area contributed by atoms with Crippen molar-refractivity contribution in [2.45, 2.75) is 32.3 Å². The van der Waals surface area contributed by atoms with Gasteiger partial charge in [0, 0.05) is 41.7 Å². The highest BCUT2D eigenvalue weighted by Gasteiger charge is 2.24. The minimum Gasteiger partial charge on any atom is -0.484 e. The summed E-state index contributed by atoms with van der Waals surface area (Å²) < 4.78 is 21.0. The van der Waals surface area contributed by atoms with E-state index in [9.17, 15) is 14.3 Å². The van der Waals surface area contributed by atoms with Gasteiger partial charge in [0.1, 0.15) is 13.2 Å². The molecule has 3 heterocycles. The summed E-state index contributed by atoms with van der Waals surface area (Å²) in [5.74, 6) is 1.19. The second-order valence-electron chi connectivity index (χ2n) is 7.80. The van der Waals surface area contributed by atoms with Crippen LogP contribution < -0.4 is 0 Å². The average molecular weight is 509 g/mol. The van der Waals surface area contributed by atoms with Crippen molar-refractivity contribution in [1.29, 1.82) is 0 Å². The summed E-state index contributed by atoms with van der Waals surface area (Å²) in [5.41, 5.74) is 3.55. The zero-order valence-corrected chi connectivity index (χ0v) is 21.2. The molecule has 0 spiro atoms. The Morgan fingerprint density at radius 2 is 1.91 bits per heavy atom. The molecule has 1 aromatic carbocycles. The molecule has 1 amide bonds. The Balaban J connectivity index is 0.00000158. The number of allylic oxidation sites excluding steroid dienone is 1. The second-order valence-corrected chi connectivity index (χ2v) is 9.12. The molecule has 0 aliphatic carbocycles. The van der Waals surface area contributed by atoms with Gasteiger partial charge in [-0.05, 0) is 48.4 Å². The molecular weight excluding hydrogens is 479 g/mol. The van der Waals surface area contributed by atoms with Crippen LogP contribution in [0.2, 0.25) is 5.02 Å². The van der Waals surface area contributed by atoms with Gasteiger partial charge >= 0.3 is 0 Å². The molecule has 0 saturated carbocycles. The smallest absolute Gasteiger partial charge is 0.253 e. The highest BCUT2D eigenvalue weighted by molar-refractivity contribution is 7.13. The number of nitrogens with zero attached hydrogens (tertiary/aromatic N) is 2. The number of thiophene rings is 1. The van der Waals surface area contributed by atoms with Crippen molar-refractivity contribution in [1.82, 2.24) is 4.90 Å². The van der Waals surface area contributed by atoms with Gasteiger partial charge in [0.15, 0.2) is 5.76 Å². The summed E-state index contributed by atoms with van der Waals surface area (Å²) in [5, 5.41) is 12.3. The average Bonchev–Trinajstić information content (AvgIpc) is 3.35. The minimum atomic E-state index is -0.314. The van der Waals surface area contributed by atoms with Gasteiger partial charge in [-0.25, -0.2) is 0 Å². The Morgan fingerprint density at radius 3 is 2.56 bits per heavy atom. The standard InChI is InChI=1S/C24H27ClN2O4S.CH3F/c1-3-18(22-23(26-2)31-11-10-30-22)16-13-21(32-14-16)19-5-4-15(12-20(19)25)24(29)27-8-6-17(28)7-9-27;1-2/h4-5,12-14,17,28H,3,6-11H2,1-2H3;1H3/b22-18-,26-23?;. The Hall–Kier alpha value is -2.42. The molecular formula is C25H30ClFN2O4S. The number of aliphatic imine (C=N–C) groups is 1. The predicted molar refractivity (Wildman–Crippen MR) is 135 cm³/mol. The van der Waals surface area contributed by atoms with Crippen LogP contribution in [0.1, 0.15) is 42.1 Å². The number of piperidine rings is 1. The topological polar surface area (TPSA) is 71.4 Å². The van der Waals surface area contributed by atoms with Crippen LogP contribution >= 0.6 is 22.9 Å². The first-order valence-electron chi connectivity index (χ1n) is 11.2. The fourth-order valence-corrected chi connectivity index (χ4v) is 5.33. The fraction of sp³-hybridized carbons (Fsp3) is 0.440. The zero-order valence-electron chi connectivity index (χ0n) is 19.6. The molecule has 0 bridgehead atoms. The first-order valence-corrected chi connectivity index (χ1v) is 12.5. The molecule has 2 aliphatic heterocycles. The summed E-state index contributed by atoms with van der Waals surface area (Å²) in [7, 11) is 2.20. The maximum absolute atomic E-state index is 12.8. The van der Waals surface area contributed by atoms with Gasteiger partial charge in [0.2, 0.25) is 0 Å². The van der Waals surface area contributed by atoms with Gasteiger partial charge in [-0.15, -0.1) is 11.3 Å². The highest BCUT2D eigenvalue weighted by atomic mass is 35.5. The fourth-order valence-electron chi connectivity index (χ4n) is 4.02. The molecule has 184 valence electrons. The number of halogens is 2. The number of aliphatic hydroxyl groups excluding tert-OH is 1. The van der Waals surface area contributed by atoms with E-state index in [1.807, 2.05) is 12.1 Å². The van der Waals surface area contributed by atoms with Crippen LogP contribution in [-0.4, -0.2) is 68.4 Å². The third-order valence-electron chi connectivity index (χ3n) is 5.77. The summed E-state index contributed by atoms with van der Waals surface area (Å²) in [6, 6.07) is 7.56. The van der Waals surface area contributed by atoms with E-state index in [1.165, 1.54) is 0 Å². The van der Waals surface area contributed by atoms with Crippen LogP contribution in [0.4, 0.5) is 4.39 Å². The van der Waals surface area contributed by atoms with Crippen LogP contribution in [0.5, 0.6) is 0 Å². The Morgan fingerprint density at radius 1 is 1.21 bits per heavy atom. The van der Waals surface area contributed by atoms with E-state index >= 15 is 0 Å². The number of hydrogen-bond acceptors (Lipinski definition) is 6. The molecule has 4 rings (SSSR count). The summed E-state index contributed by atoms with van der Waals surface area (Å²) in [4.78, 5) is 19.8. The first kappa shape index (κ1) is 26.2. The Labute approximate surface area is 208 Å². The molecule has 2 aromatic rings. The van der Waals surface area contributed by atoms with Crippen LogP contribution in [0, 0.1) is 0 Å². The van der Waals surface area contributed by atoms with Gasteiger partial charge in [0.25, 0.3) is 11.8 Å². The van der Waals surface area contributed by atoms with E-state index in [-0.39, 0.29) is 12.0 Å². The van der Waals surface area contributed by atoms with Crippen molar-refractivity contribution >= 4 is 40.3 Å². The number of benzene rings is 1. The number of carbonyl (C=O) groups excluding carboxylic acids is 1. The van der Waals surface area contributed by atoms with Crippen LogP contribution in [0.15, 0.2) is 40.4 Å². The molecule has 1 N–H and O–H groups in total. The lowest BCUT2D eigenvalue weighted by molar-refractivity contribution is 0.0546. The monoisotopic (exact) mass is 508 g/mol. The zero-order chi connectivity index (χ0) is 24.7. The van der Waals surface area contributed by atoms with Crippen LogP contribution in [0.3, 0.4) is 0 Å². The van der Waals surface area contributed by atoms with Crippen molar-refractivity contribution < 1.29 is 23.8 Å². The summed E-state index contributed by atoms with van der Waals surface area (Å²) in [6.07, 6.45) is 1.69. The first-order chi connectivity index (χ1) is 16.5. The van der Waals surface area contributed by atoms with Crippen molar-refractivity contribution in [2.24, 2.45) is 4.99 Å². The lowest BCUT2D eigenvalue weighted by Crippen LogP contribution is -2.40. The van der Waals surface area contributed by atoms with Gasteiger partial charge in [0.05, 0.1) is 18.3 Å². The van der Waals surface area contributed by atoms with E-state index in [1.54, 1.807) is 29.4 Å². The van der Waals surface area contributed by atoms with E-state index in [2.05, 4.69) is 23.4 Å². The Kier molecular flexibility index (Phi) is 9.50. The number of likely N-dealkylation sites (tertiary alicyclic amines) is 1.